The van der Waals surface area contributed by atoms with Gasteiger partial charge in [0, 0.05) is 19.1 Å². The summed E-state index contributed by atoms with van der Waals surface area (Å²) in [7, 11) is 1.87. The molecule has 0 saturated heterocycles. The normalized spacial score (nSPS) is 33.2. The molecule has 2 fully saturated rings. The summed E-state index contributed by atoms with van der Waals surface area (Å²) in [6, 6.07) is 0.308. The molecule has 0 aliphatic heterocycles. The molecule has 2 aliphatic carbocycles. The highest BCUT2D eigenvalue weighted by atomic mass is 16.4. The molecule has 0 radical (unpaired) electrons. The molecule has 2 amide bonds. The van der Waals surface area contributed by atoms with Gasteiger partial charge in [-0.3, -0.25) is 4.79 Å². The van der Waals surface area contributed by atoms with Crippen LogP contribution in [-0.2, 0) is 4.79 Å². The first-order valence-electron chi connectivity index (χ1n) is 8.23. The van der Waals surface area contributed by atoms with Crippen molar-refractivity contribution in [1.29, 1.82) is 0 Å². The Bertz CT molecular complexity index is 378. The molecule has 0 aromatic heterocycles. The fraction of sp³-hybridized carbons (Fsp3) is 0.875. The van der Waals surface area contributed by atoms with Crippen molar-refractivity contribution in [2.75, 3.05) is 7.05 Å². The first kappa shape index (κ1) is 16.1. The zero-order valence-electron chi connectivity index (χ0n) is 13.2. The lowest BCUT2D eigenvalue weighted by Crippen LogP contribution is -2.49. The van der Waals surface area contributed by atoms with Gasteiger partial charge in [0.15, 0.2) is 0 Å². The number of carbonyl (C=O) groups excluding carboxylic acids is 1. The molecule has 0 heterocycles. The lowest BCUT2D eigenvalue weighted by molar-refractivity contribution is -0.143. The van der Waals surface area contributed by atoms with Crippen LogP contribution < -0.4 is 5.32 Å². The smallest absolute Gasteiger partial charge is 0.317 e. The predicted octanol–water partition coefficient (Wildman–Crippen LogP) is 2.85. The number of aliphatic carboxylic acids is 1. The maximum Gasteiger partial charge on any atom is 0.317 e. The van der Waals surface area contributed by atoms with E-state index in [2.05, 4.69) is 12.2 Å². The number of hydrogen-bond acceptors (Lipinski definition) is 2. The summed E-state index contributed by atoms with van der Waals surface area (Å²) in [4.78, 5) is 25.2. The van der Waals surface area contributed by atoms with E-state index < -0.39 is 5.97 Å². The molecule has 2 saturated carbocycles. The fourth-order valence-electron chi connectivity index (χ4n) is 3.62. The number of carboxylic acid groups (broad SMARTS) is 1. The summed E-state index contributed by atoms with van der Waals surface area (Å²) in [6.07, 6.45) is 7.60. The summed E-state index contributed by atoms with van der Waals surface area (Å²) >= 11 is 0. The molecular weight excluding hydrogens is 268 g/mol. The summed E-state index contributed by atoms with van der Waals surface area (Å²) in [6.45, 7) is 2.27. The molecule has 5 nitrogen and oxygen atoms in total. The molecule has 2 atom stereocenters. The van der Waals surface area contributed by atoms with E-state index in [0.29, 0.717) is 12.5 Å². The molecule has 2 aliphatic rings. The number of rotatable bonds is 3. The van der Waals surface area contributed by atoms with Gasteiger partial charge in [-0.25, -0.2) is 4.79 Å². The van der Waals surface area contributed by atoms with Gasteiger partial charge in [-0.2, -0.15) is 0 Å². The maximum atomic E-state index is 12.3. The Labute approximate surface area is 127 Å². The van der Waals surface area contributed by atoms with E-state index in [1.165, 1.54) is 12.8 Å². The minimum Gasteiger partial charge on any atom is -0.481 e. The Morgan fingerprint density at radius 1 is 1.10 bits per heavy atom. The summed E-state index contributed by atoms with van der Waals surface area (Å²) in [5.74, 6) is -0.263. The van der Waals surface area contributed by atoms with Crippen molar-refractivity contribution >= 4 is 12.0 Å². The Kier molecular flexibility index (Phi) is 5.48. The van der Waals surface area contributed by atoms with Crippen molar-refractivity contribution < 1.29 is 14.7 Å². The zero-order valence-corrected chi connectivity index (χ0v) is 13.2. The number of nitrogens with one attached hydrogen (secondary N) is 1. The number of carboxylic acids is 1. The van der Waals surface area contributed by atoms with Gasteiger partial charge >= 0.3 is 12.0 Å². The highest BCUT2D eigenvalue weighted by Crippen LogP contribution is 2.27. The summed E-state index contributed by atoms with van der Waals surface area (Å²) in [5.41, 5.74) is 0. The molecule has 0 bridgehead atoms. The van der Waals surface area contributed by atoms with Gasteiger partial charge in [-0.05, 0) is 50.9 Å². The van der Waals surface area contributed by atoms with E-state index in [4.69, 9.17) is 5.11 Å². The van der Waals surface area contributed by atoms with Crippen LogP contribution in [0.2, 0.25) is 0 Å². The maximum absolute atomic E-state index is 12.3. The van der Waals surface area contributed by atoms with E-state index in [-0.39, 0.29) is 18.0 Å². The zero-order chi connectivity index (χ0) is 15.4. The minimum absolute atomic E-state index is 0.0114. The molecular formula is C16H28N2O3. The van der Waals surface area contributed by atoms with Crippen LogP contribution >= 0.6 is 0 Å². The van der Waals surface area contributed by atoms with E-state index in [9.17, 15) is 9.59 Å². The van der Waals surface area contributed by atoms with Crippen molar-refractivity contribution in [3.05, 3.63) is 0 Å². The van der Waals surface area contributed by atoms with Gasteiger partial charge in [0.05, 0.1) is 5.92 Å². The predicted molar refractivity (Wildman–Crippen MR) is 81.1 cm³/mol. The highest BCUT2D eigenvalue weighted by Gasteiger charge is 2.30. The van der Waals surface area contributed by atoms with Crippen LogP contribution in [0.25, 0.3) is 0 Å². The third-order valence-corrected chi connectivity index (χ3v) is 5.20. The minimum atomic E-state index is -0.733. The number of carbonyl (C=O) groups is 2. The molecule has 21 heavy (non-hydrogen) atoms. The van der Waals surface area contributed by atoms with Crippen molar-refractivity contribution in [3.63, 3.8) is 0 Å². The van der Waals surface area contributed by atoms with Gasteiger partial charge in [0.2, 0.25) is 0 Å². The quantitative estimate of drug-likeness (QED) is 0.841. The molecule has 2 unspecified atom stereocenters. The molecule has 0 aromatic rings. The fourth-order valence-corrected chi connectivity index (χ4v) is 3.62. The molecule has 2 N–H and O–H groups in total. The largest absolute Gasteiger partial charge is 0.481 e. The number of nitrogens with zero attached hydrogens (tertiary/aromatic N) is 1. The van der Waals surface area contributed by atoms with Gasteiger partial charge in [0.1, 0.15) is 0 Å². The Balaban J connectivity index is 1.81. The number of hydrogen-bond donors (Lipinski definition) is 2. The van der Waals surface area contributed by atoms with Crippen molar-refractivity contribution in [2.24, 2.45) is 11.8 Å². The lowest BCUT2D eigenvalue weighted by atomic mass is 9.85. The second-order valence-electron chi connectivity index (χ2n) is 6.87. The monoisotopic (exact) mass is 296 g/mol. The molecule has 2 rings (SSSR count). The number of urea groups is 1. The first-order valence-corrected chi connectivity index (χ1v) is 8.23. The third kappa shape index (κ3) is 4.35. The average molecular weight is 296 g/mol. The Morgan fingerprint density at radius 3 is 2.38 bits per heavy atom. The van der Waals surface area contributed by atoms with Crippen LogP contribution in [0.15, 0.2) is 0 Å². The van der Waals surface area contributed by atoms with Gasteiger partial charge < -0.3 is 15.3 Å². The average Bonchev–Trinajstić information content (AvgIpc) is 2.47. The van der Waals surface area contributed by atoms with Crippen LogP contribution in [0, 0.1) is 11.8 Å². The summed E-state index contributed by atoms with van der Waals surface area (Å²) < 4.78 is 0. The van der Waals surface area contributed by atoms with Crippen molar-refractivity contribution in [3.8, 4) is 0 Å². The second kappa shape index (κ2) is 7.14. The van der Waals surface area contributed by atoms with Gasteiger partial charge in [0.25, 0.3) is 0 Å². The van der Waals surface area contributed by atoms with Crippen LogP contribution in [0.1, 0.15) is 58.3 Å². The van der Waals surface area contributed by atoms with E-state index in [1.807, 2.05) is 11.9 Å². The Morgan fingerprint density at radius 2 is 1.76 bits per heavy atom. The third-order valence-electron chi connectivity index (χ3n) is 5.20. The van der Waals surface area contributed by atoms with Crippen LogP contribution in [0.5, 0.6) is 0 Å². The topological polar surface area (TPSA) is 69.6 Å². The van der Waals surface area contributed by atoms with Gasteiger partial charge in [-0.15, -0.1) is 0 Å². The second-order valence-corrected chi connectivity index (χ2v) is 6.87. The van der Waals surface area contributed by atoms with Crippen molar-refractivity contribution in [1.82, 2.24) is 10.2 Å². The summed E-state index contributed by atoms with van der Waals surface area (Å²) in [5, 5.41) is 12.1. The van der Waals surface area contributed by atoms with Crippen LogP contribution in [0.3, 0.4) is 0 Å². The van der Waals surface area contributed by atoms with Gasteiger partial charge in [-0.1, -0.05) is 13.3 Å². The molecule has 0 aromatic carbocycles. The Hall–Kier alpha value is -1.26. The number of amides is 2. The molecule has 0 spiro atoms. The lowest BCUT2D eigenvalue weighted by Gasteiger charge is -2.35. The highest BCUT2D eigenvalue weighted by molar-refractivity contribution is 5.75. The standard InChI is InChI=1S/C16H28N2O3/c1-11-6-8-14(9-7-11)18(2)16(21)17-13-5-3-4-12(10-13)15(19)20/h11-14H,3-10H2,1-2H3,(H,17,21)(H,19,20). The molecule has 5 heteroatoms. The van der Waals surface area contributed by atoms with Crippen LogP contribution in [0.4, 0.5) is 4.79 Å². The molecule has 120 valence electrons. The van der Waals surface area contributed by atoms with Crippen LogP contribution in [-0.4, -0.2) is 41.1 Å². The first-order chi connectivity index (χ1) is 9.97. The van der Waals surface area contributed by atoms with E-state index in [1.54, 1.807) is 0 Å². The van der Waals surface area contributed by atoms with E-state index in [0.717, 1.165) is 38.0 Å². The van der Waals surface area contributed by atoms with Crippen molar-refractivity contribution in [2.45, 2.75) is 70.4 Å². The SMILES string of the molecule is CC1CCC(N(C)C(=O)NC2CCCC(C(=O)O)C2)CC1. The van der Waals surface area contributed by atoms with E-state index >= 15 is 0 Å².